The van der Waals surface area contributed by atoms with Gasteiger partial charge in [-0.1, -0.05) is 19.1 Å². The number of rotatable bonds is 3. The van der Waals surface area contributed by atoms with E-state index in [1.165, 1.54) is 6.26 Å². The lowest BCUT2D eigenvalue weighted by molar-refractivity contribution is 0.603. The van der Waals surface area contributed by atoms with Crippen LogP contribution >= 0.6 is 0 Å². The van der Waals surface area contributed by atoms with E-state index in [1.54, 1.807) is 0 Å². The minimum Gasteiger partial charge on any atom is -0.229 e. The van der Waals surface area contributed by atoms with Gasteiger partial charge in [0, 0.05) is 6.26 Å². The summed E-state index contributed by atoms with van der Waals surface area (Å²) in [5.74, 6) is 0.128. The van der Waals surface area contributed by atoms with Crippen LogP contribution in [0.3, 0.4) is 0 Å². The molecule has 0 aliphatic carbocycles. The Kier molecular flexibility index (Phi) is 2.91. The zero-order chi connectivity index (χ0) is 7.49. The molecule has 54 valence electrons. The van der Waals surface area contributed by atoms with Gasteiger partial charge in [-0.2, -0.15) is 0 Å². The molecular formula is C6H12O2S. The molecule has 0 radical (unpaired) electrons. The van der Waals surface area contributed by atoms with Gasteiger partial charge in [0.05, 0.1) is 5.75 Å². The van der Waals surface area contributed by atoms with E-state index in [0.29, 0.717) is 0 Å². The van der Waals surface area contributed by atoms with E-state index in [0.717, 1.165) is 12.0 Å². The van der Waals surface area contributed by atoms with Crippen LogP contribution in [0, 0.1) is 0 Å². The highest BCUT2D eigenvalue weighted by molar-refractivity contribution is 7.90. The van der Waals surface area contributed by atoms with E-state index in [4.69, 9.17) is 0 Å². The van der Waals surface area contributed by atoms with Crippen molar-refractivity contribution >= 4 is 9.84 Å². The van der Waals surface area contributed by atoms with Gasteiger partial charge in [-0.25, -0.2) is 8.42 Å². The third-order valence-electron chi connectivity index (χ3n) is 0.966. The summed E-state index contributed by atoms with van der Waals surface area (Å²) in [6.07, 6.45) is 1.96. The fourth-order valence-electron chi connectivity index (χ4n) is 0.473. The Bertz CT molecular complexity index is 189. The van der Waals surface area contributed by atoms with Crippen molar-refractivity contribution in [2.75, 3.05) is 12.0 Å². The largest absolute Gasteiger partial charge is 0.229 e. The van der Waals surface area contributed by atoms with Gasteiger partial charge in [-0.3, -0.25) is 0 Å². The molecule has 9 heavy (non-hydrogen) atoms. The highest BCUT2D eigenvalue weighted by Crippen LogP contribution is 1.99. The number of sulfone groups is 1. The van der Waals surface area contributed by atoms with Crippen LogP contribution in [0.2, 0.25) is 0 Å². The van der Waals surface area contributed by atoms with Crippen LogP contribution in [-0.2, 0) is 9.84 Å². The SMILES string of the molecule is C=C(CC)CS(C)(=O)=O. The fourth-order valence-corrected chi connectivity index (χ4v) is 1.42. The summed E-state index contributed by atoms with van der Waals surface area (Å²) >= 11 is 0. The third-order valence-corrected chi connectivity index (χ3v) is 1.90. The van der Waals surface area contributed by atoms with Crippen LogP contribution in [0.5, 0.6) is 0 Å². The zero-order valence-corrected chi connectivity index (χ0v) is 6.66. The van der Waals surface area contributed by atoms with Gasteiger partial charge in [0.1, 0.15) is 0 Å². The maximum absolute atomic E-state index is 10.5. The van der Waals surface area contributed by atoms with Crippen molar-refractivity contribution in [1.29, 1.82) is 0 Å². The van der Waals surface area contributed by atoms with E-state index in [1.807, 2.05) is 6.92 Å². The van der Waals surface area contributed by atoms with Crippen molar-refractivity contribution in [3.05, 3.63) is 12.2 Å². The third kappa shape index (κ3) is 5.56. The molecule has 0 N–H and O–H groups in total. The average Bonchev–Trinajstić information content (AvgIpc) is 1.62. The molecule has 0 atom stereocenters. The minimum absolute atomic E-state index is 0.128. The molecule has 0 bridgehead atoms. The highest BCUT2D eigenvalue weighted by Gasteiger charge is 2.01. The van der Waals surface area contributed by atoms with E-state index >= 15 is 0 Å². The van der Waals surface area contributed by atoms with Gasteiger partial charge in [0.15, 0.2) is 9.84 Å². The Balaban J connectivity index is 3.91. The van der Waals surface area contributed by atoms with Crippen molar-refractivity contribution in [2.24, 2.45) is 0 Å². The maximum atomic E-state index is 10.5. The van der Waals surface area contributed by atoms with Crippen molar-refractivity contribution in [2.45, 2.75) is 13.3 Å². The quantitative estimate of drug-likeness (QED) is 0.559. The van der Waals surface area contributed by atoms with Crippen LogP contribution in [0.4, 0.5) is 0 Å². The molecular weight excluding hydrogens is 136 g/mol. The number of hydrogen-bond donors (Lipinski definition) is 0. The molecule has 0 amide bonds. The van der Waals surface area contributed by atoms with E-state index in [9.17, 15) is 8.42 Å². The molecule has 0 aromatic carbocycles. The predicted octanol–water partition coefficient (Wildman–Crippen LogP) is 0.997. The molecule has 3 heteroatoms. The Labute approximate surface area is 56.5 Å². The van der Waals surface area contributed by atoms with E-state index in [2.05, 4.69) is 6.58 Å². The molecule has 0 unspecified atom stereocenters. The lowest BCUT2D eigenvalue weighted by atomic mass is 10.3. The summed E-state index contributed by atoms with van der Waals surface area (Å²) < 4.78 is 21.1. The zero-order valence-electron chi connectivity index (χ0n) is 5.85. The van der Waals surface area contributed by atoms with Crippen LogP contribution < -0.4 is 0 Å². The average molecular weight is 148 g/mol. The molecule has 2 nitrogen and oxygen atoms in total. The predicted molar refractivity (Wildman–Crippen MR) is 39.1 cm³/mol. The summed E-state index contributed by atoms with van der Waals surface area (Å²) in [6, 6.07) is 0. The summed E-state index contributed by atoms with van der Waals surface area (Å²) in [5.41, 5.74) is 0.775. The second-order valence-electron chi connectivity index (χ2n) is 2.17. The minimum atomic E-state index is -2.84. The first-order valence-electron chi connectivity index (χ1n) is 2.80. The molecule has 0 saturated carbocycles. The molecule has 0 aromatic heterocycles. The van der Waals surface area contributed by atoms with Crippen molar-refractivity contribution < 1.29 is 8.42 Å². The van der Waals surface area contributed by atoms with Gasteiger partial charge in [-0.15, -0.1) is 0 Å². The first-order valence-corrected chi connectivity index (χ1v) is 4.86. The Morgan fingerprint density at radius 2 is 2.00 bits per heavy atom. The van der Waals surface area contributed by atoms with E-state index < -0.39 is 9.84 Å². The van der Waals surface area contributed by atoms with E-state index in [-0.39, 0.29) is 5.75 Å². The lowest BCUT2D eigenvalue weighted by Crippen LogP contribution is -2.03. The monoisotopic (exact) mass is 148 g/mol. The summed E-state index contributed by atoms with van der Waals surface area (Å²) in [6.45, 7) is 5.48. The number of hydrogen-bond acceptors (Lipinski definition) is 2. The Morgan fingerprint density at radius 1 is 1.56 bits per heavy atom. The molecule has 0 fully saturated rings. The second kappa shape index (κ2) is 3.01. The van der Waals surface area contributed by atoms with Crippen molar-refractivity contribution in [3.63, 3.8) is 0 Å². The van der Waals surface area contributed by atoms with Crippen molar-refractivity contribution in [3.8, 4) is 0 Å². The standard InChI is InChI=1S/C6H12O2S/c1-4-6(2)5-9(3,7)8/h2,4-5H2,1,3H3. The van der Waals surface area contributed by atoms with Gasteiger partial charge >= 0.3 is 0 Å². The Morgan fingerprint density at radius 3 is 2.11 bits per heavy atom. The highest BCUT2D eigenvalue weighted by atomic mass is 32.2. The van der Waals surface area contributed by atoms with Crippen LogP contribution in [0.1, 0.15) is 13.3 Å². The second-order valence-corrected chi connectivity index (χ2v) is 4.31. The molecule has 0 heterocycles. The summed E-state index contributed by atoms with van der Waals surface area (Å²) in [5, 5.41) is 0. The van der Waals surface area contributed by atoms with Crippen LogP contribution in [-0.4, -0.2) is 20.4 Å². The first kappa shape index (κ1) is 8.69. The maximum Gasteiger partial charge on any atom is 0.151 e. The molecule has 0 aromatic rings. The van der Waals surface area contributed by atoms with Gasteiger partial charge < -0.3 is 0 Å². The molecule has 0 aliphatic rings. The summed E-state index contributed by atoms with van der Waals surface area (Å²) in [4.78, 5) is 0. The summed E-state index contributed by atoms with van der Waals surface area (Å²) in [7, 11) is -2.84. The molecule has 0 rings (SSSR count). The Hall–Kier alpha value is -0.310. The van der Waals surface area contributed by atoms with Gasteiger partial charge in [0.25, 0.3) is 0 Å². The van der Waals surface area contributed by atoms with Crippen LogP contribution in [0.15, 0.2) is 12.2 Å². The molecule has 0 aliphatic heterocycles. The van der Waals surface area contributed by atoms with Gasteiger partial charge in [-0.05, 0) is 6.42 Å². The van der Waals surface area contributed by atoms with Gasteiger partial charge in [0.2, 0.25) is 0 Å². The molecule has 0 saturated heterocycles. The topological polar surface area (TPSA) is 34.1 Å². The normalized spacial score (nSPS) is 11.3. The molecule has 0 spiro atoms. The fraction of sp³-hybridized carbons (Fsp3) is 0.667. The lowest BCUT2D eigenvalue weighted by Gasteiger charge is -1.97. The van der Waals surface area contributed by atoms with Crippen LogP contribution in [0.25, 0.3) is 0 Å². The smallest absolute Gasteiger partial charge is 0.151 e. The first-order chi connectivity index (χ1) is 3.95. The van der Waals surface area contributed by atoms with Crippen molar-refractivity contribution in [1.82, 2.24) is 0 Å².